The van der Waals surface area contributed by atoms with Gasteiger partial charge in [0.05, 0.1) is 12.2 Å². The Morgan fingerprint density at radius 1 is 1.38 bits per heavy atom. The van der Waals surface area contributed by atoms with Gasteiger partial charge in [-0.2, -0.15) is 9.47 Å². The van der Waals surface area contributed by atoms with E-state index >= 15 is 0 Å². The second-order valence-electron chi connectivity index (χ2n) is 5.89. The van der Waals surface area contributed by atoms with E-state index in [4.69, 9.17) is 0 Å². The maximum absolute atomic E-state index is 12.1. The van der Waals surface area contributed by atoms with Crippen LogP contribution in [0.3, 0.4) is 0 Å². The molecule has 0 unspecified atom stereocenters. The van der Waals surface area contributed by atoms with Gasteiger partial charge in [0.15, 0.2) is 0 Å². The summed E-state index contributed by atoms with van der Waals surface area (Å²) in [6, 6.07) is 1.78. The number of rotatable bonds is 3. The molecule has 1 aliphatic carbocycles. The van der Waals surface area contributed by atoms with Crippen LogP contribution in [0.5, 0.6) is 0 Å². The summed E-state index contributed by atoms with van der Waals surface area (Å²) in [6.45, 7) is 4.48. The molecular weight excluding hydrogens is 286 g/mol. The van der Waals surface area contributed by atoms with E-state index in [1.807, 2.05) is 6.92 Å². The van der Waals surface area contributed by atoms with Crippen molar-refractivity contribution in [2.24, 2.45) is 5.92 Å². The highest BCUT2D eigenvalue weighted by Crippen LogP contribution is 2.26. The van der Waals surface area contributed by atoms with Crippen molar-refractivity contribution in [1.29, 1.82) is 0 Å². The molecule has 2 aliphatic rings. The van der Waals surface area contributed by atoms with E-state index in [1.165, 1.54) is 11.5 Å². The smallest absolute Gasteiger partial charge is 0.267 e. The predicted octanol–water partition coefficient (Wildman–Crippen LogP) is 1.03. The minimum Gasteiger partial charge on any atom is -0.346 e. The molecule has 4 rings (SSSR count). The van der Waals surface area contributed by atoms with E-state index in [2.05, 4.69) is 19.4 Å². The molecule has 1 fully saturated rings. The zero-order valence-corrected chi connectivity index (χ0v) is 12.8. The summed E-state index contributed by atoms with van der Waals surface area (Å²) in [5, 5.41) is 5.52. The number of aryl methyl sites for hydroxylation is 3. The molecule has 0 radical (unpaired) electrons. The van der Waals surface area contributed by atoms with Gasteiger partial charge in [0.1, 0.15) is 5.82 Å². The maximum Gasteiger partial charge on any atom is 0.267 e. The van der Waals surface area contributed by atoms with Crippen LogP contribution in [0, 0.1) is 12.8 Å². The Hall–Kier alpha value is -1.76. The van der Waals surface area contributed by atoms with Crippen molar-refractivity contribution < 1.29 is 0 Å². The normalized spacial score (nSPS) is 17.9. The Morgan fingerprint density at radius 2 is 2.24 bits per heavy atom. The van der Waals surface area contributed by atoms with Crippen molar-refractivity contribution in [2.75, 3.05) is 18.0 Å². The van der Waals surface area contributed by atoms with E-state index in [0.717, 1.165) is 54.6 Å². The average molecular weight is 303 g/mol. The molecule has 3 heterocycles. The maximum atomic E-state index is 12.1. The molecule has 7 heteroatoms. The summed E-state index contributed by atoms with van der Waals surface area (Å²) in [5.74, 6) is 1.30. The lowest BCUT2D eigenvalue weighted by atomic mass is 10.0. The second kappa shape index (κ2) is 4.91. The van der Waals surface area contributed by atoms with Crippen LogP contribution in [-0.4, -0.2) is 32.2 Å². The fourth-order valence-corrected chi connectivity index (χ4v) is 3.76. The Balaban J connectivity index is 1.43. The summed E-state index contributed by atoms with van der Waals surface area (Å²) >= 11 is 1.44. The zero-order valence-electron chi connectivity index (χ0n) is 11.9. The highest BCUT2D eigenvalue weighted by atomic mass is 32.1. The van der Waals surface area contributed by atoms with E-state index in [0.29, 0.717) is 12.5 Å². The highest BCUT2D eigenvalue weighted by molar-refractivity contribution is 7.09. The summed E-state index contributed by atoms with van der Waals surface area (Å²) < 4.78 is 5.85. The summed E-state index contributed by atoms with van der Waals surface area (Å²) in [6.07, 6.45) is 3.14. The molecule has 21 heavy (non-hydrogen) atoms. The quantitative estimate of drug-likeness (QED) is 0.847. The molecular formula is C14H17N5OS. The lowest BCUT2D eigenvalue weighted by Gasteiger charge is -2.38. The molecule has 0 aromatic carbocycles. The minimum absolute atomic E-state index is 0.0425. The lowest BCUT2D eigenvalue weighted by molar-refractivity contribution is 0.333. The lowest BCUT2D eigenvalue weighted by Crippen LogP contribution is -2.49. The third kappa shape index (κ3) is 2.35. The van der Waals surface area contributed by atoms with Gasteiger partial charge in [-0.15, -0.1) is 0 Å². The molecule has 2 aromatic heterocycles. The van der Waals surface area contributed by atoms with Crippen molar-refractivity contribution in [1.82, 2.24) is 19.1 Å². The topological polar surface area (TPSA) is 63.9 Å². The summed E-state index contributed by atoms with van der Waals surface area (Å²) in [7, 11) is 0. The van der Waals surface area contributed by atoms with Gasteiger partial charge in [0, 0.05) is 36.6 Å². The van der Waals surface area contributed by atoms with Crippen molar-refractivity contribution in [3.8, 4) is 0 Å². The molecule has 0 amide bonds. The number of fused-ring (bicyclic) bond motifs is 1. The first kappa shape index (κ1) is 12.9. The highest BCUT2D eigenvalue weighted by Gasteiger charge is 2.30. The Bertz CT molecular complexity index is 731. The first-order valence-electron chi connectivity index (χ1n) is 7.34. The number of hydrogen-bond acceptors (Lipinski definition) is 6. The Morgan fingerprint density at radius 3 is 3.00 bits per heavy atom. The molecule has 0 atom stereocenters. The van der Waals surface area contributed by atoms with Crippen LogP contribution in [-0.2, 0) is 19.4 Å². The molecule has 0 bridgehead atoms. The van der Waals surface area contributed by atoms with Gasteiger partial charge >= 0.3 is 0 Å². The summed E-state index contributed by atoms with van der Waals surface area (Å²) in [4.78, 5) is 18.7. The van der Waals surface area contributed by atoms with Crippen LogP contribution < -0.4 is 10.5 Å². The van der Waals surface area contributed by atoms with Crippen molar-refractivity contribution in [2.45, 2.75) is 32.7 Å². The van der Waals surface area contributed by atoms with Gasteiger partial charge in [-0.3, -0.25) is 4.79 Å². The Kier molecular flexibility index (Phi) is 3.02. The van der Waals surface area contributed by atoms with Gasteiger partial charge in [0.2, 0.25) is 5.13 Å². The number of hydrogen-bond donors (Lipinski definition) is 0. The number of anilines is 1. The van der Waals surface area contributed by atoms with E-state index in [-0.39, 0.29) is 5.56 Å². The molecule has 2 aromatic rings. The van der Waals surface area contributed by atoms with Crippen molar-refractivity contribution in [3.63, 3.8) is 0 Å². The Labute approximate surface area is 126 Å². The molecule has 0 saturated carbocycles. The molecule has 0 spiro atoms. The number of nitrogens with zero attached hydrogens (tertiary/aromatic N) is 5. The third-order valence-electron chi connectivity index (χ3n) is 4.20. The fraction of sp³-hybridized carbons (Fsp3) is 0.571. The van der Waals surface area contributed by atoms with Crippen LogP contribution >= 0.6 is 11.5 Å². The first-order chi connectivity index (χ1) is 10.2. The van der Waals surface area contributed by atoms with E-state index in [1.54, 1.807) is 10.7 Å². The van der Waals surface area contributed by atoms with E-state index < -0.39 is 0 Å². The SMILES string of the molecule is Cc1nsc(N2CC(Cn3nc4c(cc3=O)CCC4)C2)n1. The third-order valence-corrected chi connectivity index (χ3v) is 5.07. The first-order valence-corrected chi connectivity index (χ1v) is 8.11. The van der Waals surface area contributed by atoms with Crippen molar-refractivity contribution >= 4 is 16.7 Å². The summed E-state index contributed by atoms with van der Waals surface area (Å²) in [5.41, 5.74) is 2.31. The predicted molar refractivity (Wildman–Crippen MR) is 80.9 cm³/mol. The van der Waals surface area contributed by atoms with Crippen LogP contribution in [0.1, 0.15) is 23.5 Å². The second-order valence-corrected chi connectivity index (χ2v) is 6.62. The van der Waals surface area contributed by atoms with Crippen molar-refractivity contribution in [3.05, 3.63) is 33.5 Å². The van der Waals surface area contributed by atoms with Crippen LogP contribution in [0.4, 0.5) is 5.13 Å². The standard InChI is InChI=1S/C14H17N5OS/c1-9-15-14(21-17-9)18-6-10(7-18)8-19-13(20)5-11-3-2-4-12(11)16-19/h5,10H,2-4,6-8H2,1H3. The molecule has 1 aliphatic heterocycles. The van der Waals surface area contributed by atoms with Crippen LogP contribution in [0.25, 0.3) is 0 Å². The van der Waals surface area contributed by atoms with Crippen LogP contribution in [0.2, 0.25) is 0 Å². The van der Waals surface area contributed by atoms with Gasteiger partial charge in [-0.1, -0.05) is 0 Å². The largest absolute Gasteiger partial charge is 0.346 e. The minimum atomic E-state index is 0.0425. The monoisotopic (exact) mass is 303 g/mol. The van der Waals surface area contributed by atoms with Gasteiger partial charge in [0.25, 0.3) is 5.56 Å². The van der Waals surface area contributed by atoms with Crippen LogP contribution in [0.15, 0.2) is 10.9 Å². The van der Waals surface area contributed by atoms with E-state index in [9.17, 15) is 4.79 Å². The molecule has 110 valence electrons. The van der Waals surface area contributed by atoms with Gasteiger partial charge < -0.3 is 4.90 Å². The van der Waals surface area contributed by atoms with Gasteiger partial charge in [-0.25, -0.2) is 9.67 Å². The fourth-order valence-electron chi connectivity index (χ4n) is 3.07. The molecule has 0 N–H and O–H groups in total. The zero-order chi connectivity index (χ0) is 14.4. The molecule has 1 saturated heterocycles. The number of aromatic nitrogens is 4. The average Bonchev–Trinajstić information content (AvgIpc) is 3.01. The van der Waals surface area contributed by atoms with Gasteiger partial charge in [-0.05, 0) is 31.7 Å². The molecule has 6 nitrogen and oxygen atoms in total.